The molecule has 2 aromatic rings. The summed E-state index contributed by atoms with van der Waals surface area (Å²) in [6, 6.07) is 8.11. The number of piperidine rings is 1. The first-order valence-corrected chi connectivity index (χ1v) is 11.8. The van der Waals surface area contributed by atoms with Crippen LogP contribution in [0.3, 0.4) is 0 Å². The topological polar surface area (TPSA) is 131 Å². The third-order valence-corrected chi connectivity index (χ3v) is 6.81. The molecule has 1 unspecified atom stereocenters. The Labute approximate surface area is 206 Å². The normalized spacial score (nSPS) is 20.9. The fourth-order valence-electron chi connectivity index (χ4n) is 4.92. The molecular weight excluding hydrogens is 471 g/mol. The summed E-state index contributed by atoms with van der Waals surface area (Å²) >= 11 is 0. The molecular formula is C25H27FN4O6. The standard InChI is InChI=1S/C25H27FN4O6/c26-19-12-15(13-29-8-10-36-11-9-29)4-5-18(19)25(34,35)28-20-3-1-2-16-17(20)14-30(24(16)33)21-6-7-22(31)27-23(21)32/h1-5,12,21,28,34-35H,6-11,13-14H2,(H,27,31,32). The van der Waals surface area contributed by atoms with Crippen LogP contribution in [0.1, 0.15) is 39.9 Å². The number of rotatable bonds is 6. The number of carbonyl (C=O) groups is 3. The molecule has 2 aromatic carbocycles. The number of nitrogens with zero attached hydrogens (tertiary/aromatic N) is 2. The lowest BCUT2D eigenvalue weighted by molar-refractivity contribution is -0.146. The van der Waals surface area contributed by atoms with E-state index in [-0.39, 0.29) is 36.5 Å². The number of hydrogen-bond donors (Lipinski definition) is 4. The Morgan fingerprint density at radius 3 is 2.64 bits per heavy atom. The van der Waals surface area contributed by atoms with Crippen LogP contribution in [0.2, 0.25) is 0 Å². The maximum atomic E-state index is 15.0. The fourth-order valence-corrected chi connectivity index (χ4v) is 4.92. The van der Waals surface area contributed by atoms with E-state index in [1.54, 1.807) is 24.3 Å². The molecule has 11 heteroatoms. The molecule has 3 heterocycles. The lowest BCUT2D eigenvalue weighted by atomic mass is 10.0. The van der Waals surface area contributed by atoms with Gasteiger partial charge in [-0.15, -0.1) is 0 Å². The lowest BCUT2D eigenvalue weighted by Crippen LogP contribution is -2.52. The molecule has 5 rings (SSSR count). The molecule has 3 aliphatic rings. The number of nitrogens with one attached hydrogen (secondary N) is 2. The van der Waals surface area contributed by atoms with Crippen molar-refractivity contribution in [2.75, 3.05) is 31.6 Å². The molecule has 2 saturated heterocycles. The largest absolute Gasteiger partial charge is 0.379 e. The van der Waals surface area contributed by atoms with Gasteiger partial charge < -0.3 is 25.2 Å². The van der Waals surface area contributed by atoms with Gasteiger partial charge in [0.05, 0.1) is 18.8 Å². The lowest BCUT2D eigenvalue weighted by Gasteiger charge is -2.29. The van der Waals surface area contributed by atoms with Gasteiger partial charge in [-0.1, -0.05) is 12.1 Å². The molecule has 0 aliphatic carbocycles. The number of hydrogen-bond acceptors (Lipinski definition) is 8. The number of fused-ring (bicyclic) bond motifs is 1. The van der Waals surface area contributed by atoms with Crippen LogP contribution in [-0.2, 0) is 33.3 Å². The van der Waals surface area contributed by atoms with E-state index < -0.39 is 29.6 Å². The van der Waals surface area contributed by atoms with Crippen molar-refractivity contribution >= 4 is 23.4 Å². The van der Waals surface area contributed by atoms with Gasteiger partial charge >= 0.3 is 0 Å². The smallest absolute Gasteiger partial charge is 0.275 e. The summed E-state index contributed by atoms with van der Waals surface area (Å²) < 4.78 is 20.3. The maximum absolute atomic E-state index is 15.0. The molecule has 0 radical (unpaired) electrons. The zero-order valence-electron chi connectivity index (χ0n) is 19.5. The molecule has 0 saturated carbocycles. The molecule has 3 aliphatic heterocycles. The first kappa shape index (κ1) is 24.3. The second-order valence-corrected chi connectivity index (χ2v) is 9.23. The Morgan fingerprint density at radius 1 is 1.14 bits per heavy atom. The second-order valence-electron chi connectivity index (χ2n) is 9.23. The average molecular weight is 499 g/mol. The Bertz CT molecular complexity index is 1210. The number of carbonyl (C=O) groups excluding carboxylic acids is 3. The molecule has 0 bridgehead atoms. The summed E-state index contributed by atoms with van der Waals surface area (Å²) in [7, 11) is 0. The summed E-state index contributed by atoms with van der Waals surface area (Å²) in [5.74, 6) is -4.87. The van der Waals surface area contributed by atoms with Crippen LogP contribution in [0.25, 0.3) is 0 Å². The zero-order valence-corrected chi connectivity index (χ0v) is 19.5. The van der Waals surface area contributed by atoms with Gasteiger partial charge in [0.2, 0.25) is 11.8 Å². The SMILES string of the molecule is O=C1CCC(N2Cc3c(NC(O)(O)c4ccc(CN5CCOCC5)cc4F)cccc3C2=O)C(=O)N1. The predicted octanol–water partition coefficient (Wildman–Crippen LogP) is 0.626. The molecule has 3 amide bonds. The predicted molar refractivity (Wildman–Crippen MR) is 125 cm³/mol. The summed E-state index contributed by atoms with van der Waals surface area (Å²) in [4.78, 5) is 40.3. The Balaban J connectivity index is 1.34. The van der Waals surface area contributed by atoms with E-state index in [1.165, 1.54) is 17.0 Å². The first-order chi connectivity index (χ1) is 17.2. The zero-order chi connectivity index (χ0) is 25.4. The molecule has 36 heavy (non-hydrogen) atoms. The van der Waals surface area contributed by atoms with Crippen molar-refractivity contribution in [2.45, 2.75) is 37.9 Å². The van der Waals surface area contributed by atoms with Crippen LogP contribution in [0.4, 0.5) is 10.1 Å². The first-order valence-electron chi connectivity index (χ1n) is 11.8. The maximum Gasteiger partial charge on any atom is 0.275 e. The Morgan fingerprint density at radius 2 is 1.92 bits per heavy atom. The van der Waals surface area contributed by atoms with Gasteiger partial charge in [-0.2, -0.15) is 0 Å². The van der Waals surface area contributed by atoms with Crippen LogP contribution >= 0.6 is 0 Å². The monoisotopic (exact) mass is 498 g/mol. The number of halogens is 1. The quantitative estimate of drug-likeness (QED) is 0.337. The minimum Gasteiger partial charge on any atom is -0.379 e. The molecule has 10 nitrogen and oxygen atoms in total. The van der Waals surface area contributed by atoms with Crippen molar-refractivity contribution in [3.05, 3.63) is 64.5 Å². The molecule has 0 aromatic heterocycles. The molecule has 4 N–H and O–H groups in total. The highest BCUT2D eigenvalue weighted by molar-refractivity contribution is 6.06. The number of ether oxygens (including phenoxy) is 1. The van der Waals surface area contributed by atoms with Crippen molar-refractivity contribution in [3.8, 4) is 0 Å². The molecule has 2 fully saturated rings. The summed E-state index contributed by atoms with van der Waals surface area (Å²) in [5, 5.41) is 26.4. The highest BCUT2D eigenvalue weighted by Gasteiger charge is 2.41. The number of aliphatic hydroxyl groups is 2. The van der Waals surface area contributed by atoms with Gasteiger partial charge in [-0.05, 0) is 36.2 Å². The molecule has 1 atom stereocenters. The third-order valence-electron chi connectivity index (χ3n) is 6.81. The van der Waals surface area contributed by atoms with Crippen molar-refractivity contribution < 1.29 is 33.7 Å². The van der Waals surface area contributed by atoms with Crippen molar-refractivity contribution in [1.29, 1.82) is 0 Å². The summed E-state index contributed by atoms with van der Waals surface area (Å²) in [6.07, 6.45) is 0.331. The van der Waals surface area contributed by atoms with Crippen LogP contribution in [0.15, 0.2) is 36.4 Å². The second kappa shape index (κ2) is 9.58. The number of benzene rings is 2. The van der Waals surface area contributed by atoms with E-state index in [2.05, 4.69) is 15.5 Å². The number of morpholine rings is 1. The van der Waals surface area contributed by atoms with E-state index in [1.807, 2.05) is 0 Å². The minimum absolute atomic E-state index is 0.0284. The molecule has 0 spiro atoms. The fraction of sp³-hybridized carbons (Fsp3) is 0.400. The minimum atomic E-state index is -2.76. The van der Waals surface area contributed by atoms with Gasteiger partial charge in [-0.3, -0.25) is 24.6 Å². The Hall–Kier alpha value is -3.38. The highest BCUT2D eigenvalue weighted by atomic mass is 19.1. The van der Waals surface area contributed by atoms with Gasteiger partial charge in [0, 0.05) is 49.4 Å². The van der Waals surface area contributed by atoms with Gasteiger partial charge in [0.25, 0.3) is 11.8 Å². The van der Waals surface area contributed by atoms with E-state index in [0.717, 1.165) is 13.1 Å². The van der Waals surface area contributed by atoms with E-state index >= 15 is 0 Å². The molecule has 190 valence electrons. The third kappa shape index (κ3) is 4.70. The van der Waals surface area contributed by atoms with Crippen molar-refractivity contribution in [2.24, 2.45) is 0 Å². The van der Waals surface area contributed by atoms with Crippen LogP contribution in [0.5, 0.6) is 0 Å². The summed E-state index contributed by atoms with van der Waals surface area (Å²) in [6.45, 7) is 3.26. The van der Waals surface area contributed by atoms with E-state index in [4.69, 9.17) is 4.74 Å². The highest BCUT2D eigenvalue weighted by Crippen LogP contribution is 2.35. The number of amides is 3. The van der Waals surface area contributed by atoms with E-state index in [0.29, 0.717) is 36.4 Å². The average Bonchev–Trinajstić information content (AvgIpc) is 3.17. The number of imide groups is 1. The van der Waals surface area contributed by atoms with Crippen LogP contribution in [-0.4, -0.2) is 70.1 Å². The Kier molecular flexibility index (Phi) is 6.47. The van der Waals surface area contributed by atoms with Gasteiger partial charge in [-0.25, -0.2) is 4.39 Å². The van der Waals surface area contributed by atoms with E-state index in [9.17, 15) is 29.0 Å². The van der Waals surface area contributed by atoms with Crippen molar-refractivity contribution in [3.63, 3.8) is 0 Å². The van der Waals surface area contributed by atoms with Gasteiger partial charge in [0.1, 0.15) is 11.9 Å². The van der Waals surface area contributed by atoms with Crippen LogP contribution < -0.4 is 10.6 Å². The number of anilines is 1. The van der Waals surface area contributed by atoms with Crippen LogP contribution in [0, 0.1) is 5.82 Å². The van der Waals surface area contributed by atoms with Crippen molar-refractivity contribution in [1.82, 2.24) is 15.1 Å². The summed E-state index contributed by atoms with van der Waals surface area (Å²) in [5.41, 5.74) is 1.29. The van der Waals surface area contributed by atoms with Gasteiger partial charge in [0.15, 0.2) is 0 Å².